The number of ether oxygens (including phenoxy) is 1. The second kappa shape index (κ2) is 6.97. The Hall–Kier alpha value is -0.810. The third-order valence-electron chi connectivity index (χ3n) is 4.43. The lowest BCUT2D eigenvalue weighted by Crippen LogP contribution is -2.47. The summed E-state index contributed by atoms with van der Waals surface area (Å²) in [6.07, 6.45) is 5.45. The Morgan fingerprint density at radius 1 is 1.29 bits per heavy atom. The molecule has 0 aromatic heterocycles. The van der Waals surface area contributed by atoms with E-state index in [1.54, 1.807) is 4.90 Å². The molecule has 2 aliphatic rings. The molecule has 5 nitrogen and oxygen atoms in total. The first-order valence-electron chi connectivity index (χ1n) is 8.24. The maximum absolute atomic E-state index is 12.1. The molecule has 1 aliphatic heterocycles. The SMILES string of the molecule is CC(C)(C)OC(=O)N1CC[C@H](N[C@@H]2CCCC[C@@H]2CO)C1. The average molecular weight is 298 g/mol. The van der Waals surface area contributed by atoms with Crippen molar-refractivity contribution < 1.29 is 14.6 Å². The largest absolute Gasteiger partial charge is 0.444 e. The molecule has 1 amide bonds. The molecule has 5 heteroatoms. The lowest BCUT2D eigenvalue weighted by molar-refractivity contribution is 0.0288. The molecule has 3 atom stereocenters. The van der Waals surface area contributed by atoms with Crippen LogP contribution >= 0.6 is 0 Å². The standard InChI is InChI=1S/C16H30N2O3/c1-16(2,3)21-15(20)18-9-8-13(10-18)17-14-7-5-4-6-12(14)11-19/h12-14,17,19H,4-11H2,1-3H3/t12-,13+,14-/m1/s1. The summed E-state index contributed by atoms with van der Waals surface area (Å²) in [5, 5.41) is 13.1. The first-order chi connectivity index (χ1) is 9.89. The number of rotatable bonds is 3. The topological polar surface area (TPSA) is 61.8 Å². The molecule has 2 rings (SSSR count). The van der Waals surface area contributed by atoms with Crippen LogP contribution in [-0.4, -0.2) is 53.5 Å². The third kappa shape index (κ3) is 4.85. The zero-order valence-corrected chi connectivity index (χ0v) is 13.6. The molecule has 21 heavy (non-hydrogen) atoms. The van der Waals surface area contributed by atoms with E-state index in [0.29, 0.717) is 24.5 Å². The van der Waals surface area contributed by atoms with Crippen LogP contribution < -0.4 is 5.32 Å². The highest BCUT2D eigenvalue weighted by Gasteiger charge is 2.33. The smallest absolute Gasteiger partial charge is 0.410 e. The van der Waals surface area contributed by atoms with Gasteiger partial charge in [0.15, 0.2) is 0 Å². The number of amides is 1. The van der Waals surface area contributed by atoms with Crippen molar-refractivity contribution in [3.05, 3.63) is 0 Å². The number of aliphatic hydroxyl groups is 1. The van der Waals surface area contributed by atoms with Gasteiger partial charge in [0.1, 0.15) is 5.60 Å². The molecule has 1 heterocycles. The van der Waals surface area contributed by atoms with Crippen molar-refractivity contribution in [2.45, 2.75) is 70.6 Å². The first-order valence-corrected chi connectivity index (χ1v) is 8.24. The van der Waals surface area contributed by atoms with Gasteiger partial charge in [0.05, 0.1) is 0 Å². The molecule has 0 radical (unpaired) electrons. The highest BCUT2D eigenvalue weighted by atomic mass is 16.6. The molecular formula is C16H30N2O3. The van der Waals surface area contributed by atoms with Gasteiger partial charge in [-0.05, 0) is 46.0 Å². The number of hydrogen-bond acceptors (Lipinski definition) is 4. The van der Waals surface area contributed by atoms with Crippen molar-refractivity contribution >= 4 is 6.09 Å². The van der Waals surface area contributed by atoms with E-state index in [9.17, 15) is 9.90 Å². The van der Waals surface area contributed by atoms with Crippen molar-refractivity contribution in [2.24, 2.45) is 5.92 Å². The second-order valence-electron chi connectivity index (χ2n) is 7.41. The quantitative estimate of drug-likeness (QED) is 0.838. The predicted octanol–water partition coefficient (Wildman–Crippen LogP) is 2.14. The summed E-state index contributed by atoms with van der Waals surface area (Å²) in [4.78, 5) is 13.8. The Morgan fingerprint density at radius 2 is 2.00 bits per heavy atom. The number of carbonyl (C=O) groups is 1. The monoisotopic (exact) mass is 298 g/mol. The van der Waals surface area contributed by atoms with E-state index in [1.807, 2.05) is 20.8 Å². The van der Waals surface area contributed by atoms with Crippen molar-refractivity contribution in [1.29, 1.82) is 0 Å². The van der Waals surface area contributed by atoms with Crippen molar-refractivity contribution in [3.63, 3.8) is 0 Å². The van der Waals surface area contributed by atoms with Crippen LogP contribution in [0.15, 0.2) is 0 Å². The molecule has 0 aromatic rings. The van der Waals surface area contributed by atoms with Crippen LogP contribution in [-0.2, 0) is 4.74 Å². The average Bonchev–Trinajstić information content (AvgIpc) is 2.86. The molecule has 0 bridgehead atoms. The Morgan fingerprint density at radius 3 is 2.67 bits per heavy atom. The number of nitrogens with one attached hydrogen (secondary N) is 1. The van der Waals surface area contributed by atoms with Crippen molar-refractivity contribution in [2.75, 3.05) is 19.7 Å². The minimum atomic E-state index is -0.437. The molecule has 1 saturated carbocycles. The van der Waals surface area contributed by atoms with E-state index in [1.165, 1.54) is 12.8 Å². The van der Waals surface area contributed by atoms with Gasteiger partial charge in [-0.3, -0.25) is 0 Å². The highest BCUT2D eigenvalue weighted by Crippen LogP contribution is 2.25. The molecule has 2 fully saturated rings. The van der Waals surface area contributed by atoms with Crippen molar-refractivity contribution in [1.82, 2.24) is 10.2 Å². The van der Waals surface area contributed by atoms with Gasteiger partial charge in [-0.25, -0.2) is 4.79 Å². The minimum Gasteiger partial charge on any atom is -0.444 e. The zero-order chi connectivity index (χ0) is 15.5. The third-order valence-corrected chi connectivity index (χ3v) is 4.43. The summed E-state index contributed by atoms with van der Waals surface area (Å²) in [5.74, 6) is 0.370. The number of likely N-dealkylation sites (tertiary alicyclic amines) is 1. The molecule has 1 saturated heterocycles. The van der Waals surface area contributed by atoms with E-state index in [0.717, 1.165) is 25.8 Å². The van der Waals surface area contributed by atoms with Crippen molar-refractivity contribution in [3.8, 4) is 0 Å². The van der Waals surface area contributed by atoms with Crippen LogP contribution in [0.25, 0.3) is 0 Å². The maximum Gasteiger partial charge on any atom is 0.410 e. The van der Waals surface area contributed by atoms with Gasteiger partial charge in [-0.1, -0.05) is 12.8 Å². The van der Waals surface area contributed by atoms with Gasteiger partial charge in [0.25, 0.3) is 0 Å². The molecule has 0 aromatic carbocycles. The van der Waals surface area contributed by atoms with Gasteiger partial charge in [-0.15, -0.1) is 0 Å². The molecule has 0 spiro atoms. The number of nitrogens with zero attached hydrogens (tertiary/aromatic N) is 1. The summed E-state index contributed by atoms with van der Waals surface area (Å²) in [6.45, 7) is 7.41. The zero-order valence-electron chi connectivity index (χ0n) is 13.6. The van der Waals surface area contributed by atoms with Crippen LogP contribution in [0.2, 0.25) is 0 Å². The number of carbonyl (C=O) groups excluding carboxylic acids is 1. The number of aliphatic hydroxyl groups excluding tert-OH is 1. The lowest BCUT2D eigenvalue weighted by atomic mass is 9.84. The van der Waals surface area contributed by atoms with Gasteiger partial charge < -0.3 is 20.1 Å². The number of hydrogen-bond donors (Lipinski definition) is 2. The summed E-state index contributed by atoms with van der Waals surface area (Å²) >= 11 is 0. The summed E-state index contributed by atoms with van der Waals surface area (Å²) < 4.78 is 5.42. The fourth-order valence-corrected chi connectivity index (χ4v) is 3.34. The van der Waals surface area contributed by atoms with Gasteiger partial charge in [0.2, 0.25) is 0 Å². The maximum atomic E-state index is 12.1. The fourth-order valence-electron chi connectivity index (χ4n) is 3.34. The normalized spacial score (nSPS) is 30.5. The molecule has 0 unspecified atom stereocenters. The summed E-state index contributed by atoms with van der Waals surface area (Å²) in [7, 11) is 0. The Balaban J connectivity index is 1.80. The summed E-state index contributed by atoms with van der Waals surface area (Å²) in [6, 6.07) is 0.724. The Labute approximate surface area is 128 Å². The van der Waals surface area contributed by atoms with Crippen LogP contribution in [0.5, 0.6) is 0 Å². The van der Waals surface area contributed by atoms with Crippen LogP contribution in [0.4, 0.5) is 4.79 Å². The minimum absolute atomic E-state index is 0.214. The van der Waals surface area contributed by atoms with E-state index < -0.39 is 5.60 Å². The van der Waals surface area contributed by atoms with E-state index in [4.69, 9.17) is 4.74 Å². The molecular weight excluding hydrogens is 268 g/mol. The Bertz CT molecular complexity index is 354. The second-order valence-corrected chi connectivity index (χ2v) is 7.41. The first kappa shape index (κ1) is 16.6. The predicted molar refractivity (Wildman–Crippen MR) is 82.2 cm³/mol. The van der Waals surface area contributed by atoms with E-state index in [-0.39, 0.29) is 12.7 Å². The Kier molecular flexibility index (Phi) is 5.49. The van der Waals surface area contributed by atoms with Gasteiger partial charge in [-0.2, -0.15) is 0 Å². The fraction of sp³-hybridized carbons (Fsp3) is 0.938. The van der Waals surface area contributed by atoms with Gasteiger partial charge in [0, 0.05) is 31.8 Å². The van der Waals surface area contributed by atoms with E-state index >= 15 is 0 Å². The summed E-state index contributed by atoms with van der Waals surface area (Å²) in [5.41, 5.74) is -0.437. The lowest BCUT2D eigenvalue weighted by Gasteiger charge is -2.33. The van der Waals surface area contributed by atoms with Crippen LogP contribution in [0, 0.1) is 5.92 Å². The van der Waals surface area contributed by atoms with E-state index in [2.05, 4.69) is 5.32 Å². The highest BCUT2D eigenvalue weighted by molar-refractivity contribution is 5.68. The van der Waals surface area contributed by atoms with Crippen LogP contribution in [0.1, 0.15) is 52.9 Å². The molecule has 1 aliphatic carbocycles. The molecule has 122 valence electrons. The van der Waals surface area contributed by atoms with Crippen LogP contribution in [0.3, 0.4) is 0 Å². The van der Waals surface area contributed by atoms with Gasteiger partial charge >= 0.3 is 6.09 Å². The molecule has 2 N–H and O–H groups in total.